The molecule has 1 aliphatic rings. The molecule has 0 unspecified atom stereocenters. The molecule has 2 aromatic rings. The van der Waals surface area contributed by atoms with Crippen LogP contribution >= 0.6 is 0 Å². The minimum atomic E-state index is 0.123. The molecule has 0 N–H and O–H groups in total. The molecule has 0 spiro atoms. The van der Waals surface area contributed by atoms with Crippen LogP contribution in [0, 0.1) is 13.8 Å². The van der Waals surface area contributed by atoms with Gasteiger partial charge < -0.3 is 9.64 Å². The van der Waals surface area contributed by atoms with Crippen LogP contribution in [-0.4, -0.2) is 41.0 Å². The quantitative estimate of drug-likeness (QED) is 0.858. The van der Waals surface area contributed by atoms with Crippen LogP contribution in [0.5, 0.6) is 0 Å². The number of likely N-dealkylation sites (tertiary alicyclic amines) is 1. The van der Waals surface area contributed by atoms with Crippen molar-refractivity contribution in [2.75, 3.05) is 20.2 Å². The molecule has 1 amide bonds. The molecule has 1 fully saturated rings. The number of amides is 1. The van der Waals surface area contributed by atoms with Crippen molar-refractivity contribution in [2.24, 2.45) is 0 Å². The third-order valence-corrected chi connectivity index (χ3v) is 4.75. The molecule has 0 atom stereocenters. The number of rotatable bonds is 4. The van der Waals surface area contributed by atoms with E-state index in [0.717, 1.165) is 54.1 Å². The number of nitrogens with zero attached hydrogens (tertiary/aromatic N) is 3. The summed E-state index contributed by atoms with van der Waals surface area (Å²) < 4.78 is 5.28. The molecule has 25 heavy (non-hydrogen) atoms. The van der Waals surface area contributed by atoms with E-state index in [4.69, 9.17) is 4.74 Å². The van der Waals surface area contributed by atoms with Crippen LogP contribution in [0.1, 0.15) is 51.8 Å². The Morgan fingerprint density at radius 1 is 1.28 bits per heavy atom. The topological polar surface area (TPSA) is 55.3 Å². The second kappa shape index (κ2) is 7.74. The molecule has 1 aliphatic heterocycles. The van der Waals surface area contributed by atoms with E-state index in [1.807, 2.05) is 49.2 Å². The lowest BCUT2D eigenvalue weighted by molar-refractivity contribution is 0.0711. The Kier molecular flexibility index (Phi) is 5.43. The lowest BCUT2D eigenvalue weighted by Crippen LogP contribution is -2.38. The Morgan fingerprint density at radius 2 is 2.04 bits per heavy atom. The van der Waals surface area contributed by atoms with Gasteiger partial charge in [0.1, 0.15) is 5.82 Å². The third kappa shape index (κ3) is 4.04. The molecule has 1 aromatic heterocycles. The van der Waals surface area contributed by atoms with Gasteiger partial charge in [0, 0.05) is 43.4 Å². The van der Waals surface area contributed by atoms with Gasteiger partial charge in [-0.15, -0.1) is 0 Å². The van der Waals surface area contributed by atoms with Gasteiger partial charge in [-0.3, -0.25) is 4.79 Å². The predicted molar refractivity (Wildman–Crippen MR) is 96.5 cm³/mol. The number of aryl methyl sites for hydroxylation is 2. The number of piperidine rings is 1. The smallest absolute Gasteiger partial charge is 0.253 e. The second-order valence-corrected chi connectivity index (χ2v) is 6.70. The number of carbonyl (C=O) groups excluding carboxylic acids is 1. The molecular formula is C20H25N3O2. The van der Waals surface area contributed by atoms with Crippen molar-refractivity contribution >= 4 is 5.91 Å². The minimum absolute atomic E-state index is 0.123. The van der Waals surface area contributed by atoms with Crippen LogP contribution in [0.3, 0.4) is 0 Å². The van der Waals surface area contributed by atoms with Crippen molar-refractivity contribution in [1.82, 2.24) is 14.9 Å². The first-order valence-corrected chi connectivity index (χ1v) is 8.75. The number of ether oxygens (including phenoxy) is 1. The Bertz CT molecular complexity index is 752. The normalized spacial score (nSPS) is 15.4. The number of hydrogen-bond acceptors (Lipinski definition) is 4. The predicted octanol–water partition coefficient (Wildman–Crippen LogP) is 3.26. The summed E-state index contributed by atoms with van der Waals surface area (Å²) in [5.74, 6) is 1.26. The molecule has 1 aromatic carbocycles. The molecule has 1 saturated heterocycles. The molecule has 3 rings (SSSR count). The van der Waals surface area contributed by atoms with Gasteiger partial charge in [0.05, 0.1) is 12.3 Å². The summed E-state index contributed by atoms with van der Waals surface area (Å²) in [5.41, 5.74) is 4.02. The average Bonchev–Trinajstić information content (AvgIpc) is 2.63. The summed E-state index contributed by atoms with van der Waals surface area (Å²) in [6.45, 7) is 5.96. The zero-order chi connectivity index (χ0) is 17.8. The number of aromatic nitrogens is 2. The third-order valence-electron chi connectivity index (χ3n) is 4.75. The summed E-state index contributed by atoms with van der Waals surface area (Å²) in [5, 5.41) is 0. The van der Waals surface area contributed by atoms with Crippen molar-refractivity contribution in [2.45, 2.75) is 39.2 Å². The Balaban J connectivity index is 1.70. The van der Waals surface area contributed by atoms with Crippen LogP contribution in [0.4, 0.5) is 0 Å². The molecule has 0 radical (unpaired) electrons. The molecule has 0 saturated carbocycles. The van der Waals surface area contributed by atoms with Gasteiger partial charge in [0.25, 0.3) is 5.91 Å². The van der Waals surface area contributed by atoms with Crippen molar-refractivity contribution < 1.29 is 9.53 Å². The first-order chi connectivity index (χ1) is 12.1. The van der Waals surface area contributed by atoms with E-state index in [1.165, 1.54) is 0 Å². The summed E-state index contributed by atoms with van der Waals surface area (Å²) >= 11 is 0. The van der Waals surface area contributed by atoms with E-state index in [2.05, 4.69) is 9.97 Å². The van der Waals surface area contributed by atoms with E-state index < -0.39 is 0 Å². The molecule has 2 heterocycles. The monoisotopic (exact) mass is 339 g/mol. The lowest BCUT2D eigenvalue weighted by atomic mass is 9.90. The Morgan fingerprint density at radius 3 is 2.72 bits per heavy atom. The fourth-order valence-electron chi connectivity index (χ4n) is 3.45. The van der Waals surface area contributed by atoms with Gasteiger partial charge in [0.15, 0.2) is 0 Å². The Hall–Kier alpha value is -2.27. The number of carbonyl (C=O) groups is 1. The van der Waals surface area contributed by atoms with Crippen LogP contribution in [0.15, 0.2) is 30.5 Å². The van der Waals surface area contributed by atoms with E-state index in [9.17, 15) is 4.79 Å². The maximum Gasteiger partial charge on any atom is 0.253 e. The fourth-order valence-corrected chi connectivity index (χ4v) is 3.45. The van der Waals surface area contributed by atoms with Crippen LogP contribution in [-0.2, 0) is 11.3 Å². The van der Waals surface area contributed by atoms with Gasteiger partial charge >= 0.3 is 0 Å². The SMILES string of the molecule is COCc1cnc(C)nc1C1CCN(C(=O)c2cccc(C)c2)CC1. The summed E-state index contributed by atoms with van der Waals surface area (Å²) in [7, 11) is 1.69. The van der Waals surface area contributed by atoms with Gasteiger partial charge in [-0.2, -0.15) is 0 Å². The zero-order valence-electron chi connectivity index (χ0n) is 15.2. The minimum Gasteiger partial charge on any atom is -0.380 e. The van der Waals surface area contributed by atoms with Crippen molar-refractivity contribution in [3.8, 4) is 0 Å². The number of benzene rings is 1. The van der Waals surface area contributed by atoms with Crippen molar-refractivity contribution in [3.63, 3.8) is 0 Å². The standard InChI is InChI=1S/C20H25N3O2/c1-14-5-4-6-17(11-14)20(24)23-9-7-16(8-10-23)19-18(13-25-3)12-21-15(2)22-19/h4-6,11-12,16H,7-10,13H2,1-3H3. The molecule has 5 heteroatoms. The summed E-state index contributed by atoms with van der Waals surface area (Å²) in [6, 6.07) is 7.80. The highest BCUT2D eigenvalue weighted by molar-refractivity contribution is 5.94. The van der Waals surface area contributed by atoms with Crippen LogP contribution in [0.2, 0.25) is 0 Å². The number of hydrogen-bond donors (Lipinski definition) is 0. The highest BCUT2D eigenvalue weighted by Crippen LogP contribution is 2.30. The summed E-state index contributed by atoms with van der Waals surface area (Å²) in [4.78, 5) is 23.6. The molecule has 132 valence electrons. The van der Waals surface area contributed by atoms with E-state index in [0.29, 0.717) is 12.5 Å². The largest absolute Gasteiger partial charge is 0.380 e. The van der Waals surface area contributed by atoms with E-state index in [1.54, 1.807) is 7.11 Å². The molecular weight excluding hydrogens is 314 g/mol. The highest BCUT2D eigenvalue weighted by atomic mass is 16.5. The first-order valence-electron chi connectivity index (χ1n) is 8.75. The molecule has 5 nitrogen and oxygen atoms in total. The van der Waals surface area contributed by atoms with Gasteiger partial charge in [-0.25, -0.2) is 9.97 Å². The van der Waals surface area contributed by atoms with Crippen molar-refractivity contribution in [1.29, 1.82) is 0 Å². The van der Waals surface area contributed by atoms with Gasteiger partial charge in [0.2, 0.25) is 0 Å². The van der Waals surface area contributed by atoms with E-state index >= 15 is 0 Å². The van der Waals surface area contributed by atoms with Gasteiger partial charge in [-0.05, 0) is 38.8 Å². The lowest BCUT2D eigenvalue weighted by Gasteiger charge is -2.32. The zero-order valence-corrected chi connectivity index (χ0v) is 15.2. The fraction of sp³-hybridized carbons (Fsp3) is 0.450. The second-order valence-electron chi connectivity index (χ2n) is 6.70. The maximum atomic E-state index is 12.7. The van der Waals surface area contributed by atoms with Crippen LogP contribution < -0.4 is 0 Å². The average molecular weight is 339 g/mol. The molecule has 0 bridgehead atoms. The number of methoxy groups -OCH3 is 1. The molecule has 0 aliphatic carbocycles. The Labute approximate surface area is 149 Å². The maximum absolute atomic E-state index is 12.7. The van der Waals surface area contributed by atoms with Crippen molar-refractivity contribution in [3.05, 3.63) is 58.7 Å². The van der Waals surface area contributed by atoms with Gasteiger partial charge in [-0.1, -0.05) is 17.7 Å². The van der Waals surface area contributed by atoms with E-state index in [-0.39, 0.29) is 5.91 Å². The first kappa shape index (κ1) is 17.5. The van der Waals surface area contributed by atoms with Crippen LogP contribution in [0.25, 0.3) is 0 Å². The highest BCUT2D eigenvalue weighted by Gasteiger charge is 2.27. The summed E-state index contributed by atoms with van der Waals surface area (Å²) in [6.07, 6.45) is 3.71.